The Morgan fingerprint density at radius 2 is 2.44 bits per heavy atom. The quantitative estimate of drug-likeness (QED) is 0.855. The molecule has 1 saturated heterocycles. The highest BCUT2D eigenvalue weighted by molar-refractivity contribution is 7.20. The van der Waals surface area contributed by atoms with Crippen LogP contribution in [0.15, 0.2) is 6.20 Å². The van der Waals surface area contributed by atoms with E-state index in [1.54, 1.807) is 4.52 Å². The number of nitrogens with zero attached hydrogens (tertiary/aromatic N) is 3. The van der Waals surface area contributed by atoms with Crippen LogP contribution in [0.25, 0.3) is 4.96 Å². The Balaban J connectivity index is 1.77. The summed E-state index contributed by atoms with van der Waals surface area (Å²) >= 11 is 1.47. The van der Waals surface area contributed by atoms with Crippen molar-refractivity contribution in [1.29, 1.82) is 0 Å². The van der Waals surface area contributed by atoms with Crippen LogP contribution in [-0.2, 0) is 4.79 Å². The van der Waals surface area contributed by atoms with Crippen LogP contribution in [0, 0.1) is 6.92 Å². The van der Waals surface area contributed by atoms with E-state index >= 15 is 0 Å². The number of anilines is 1. The highest BCUT2D eigenvalue weighted by Gasteiger charge is 2.21. The molecular formula is C11H15N5OS. The minimum absolute atomic E-state index is 0.0662. The molecule has 96 valence electrons. The van der Waals surface area contributed by atoms with Gasteiger partial charge in [0, 0.05) is 6.54 Å². The number of aryl methyl sites for hydroxylation is 1. The zero-order valence-electron chi connectivity index (χ0n) is 10.1. The van der Waals surface area contributed by atoms with Crippen LogP contribution in [-0.4, -0.2) is 33.1 Å². The standard InChI is InChI=1S/C11H15N5OS/c1-7-6-16-11(13-7)18-10(15-16)14-8-4-2-3-5-12-9(8)17/h6,8H,2-5H2,1H3,(H,12,17)(H,14,15). The lowest BCUT2D eigenvalue weighted by molar-refractivity contribution is -0.121. The number of imidazole rings is 1. The number of hydrogen-bond donors (Lipinski definition) is 2. The van der Waals surface area contributed by atoms with Crippen molar-refractivity contribution in [3.05, 3.63) is 11.9 Å². The molecule has 2 N–H and O–H groups in total. The van der Waals surface area contributed by atoms with E-state index in [0.29, 0.717) is 0 Å². The van der Waals surface area contributed by atoms with Gasteiger partial charge in [-0.2, -0.15) is 0 Å². The lowest BCUT2D eigenvalue weighted by atomic mass is 10.1. The Labute approximate surface area is 108 Å². The van der Waals surface area contributed by atoms with Crippen molar-refractivity contribution in [2.24, 2.45) is 0 Å². The number of carbonyl (C=O) groups excluding carboxylic acids is 1. The average molecular weight is 265 g/mol. The Hall–Kier alpha value is -1.63. The van der Waals surface area contributed by atoms with Crippen molar-refractivity contribution in [2.45, 2.75) is 32.2 Å². The topological polar surface area (TPSA) is 71.3 Å². The molecule has 0 radical (unpaired) electrons. The van der Waals surface area contributed by atoms with Gasteiger partial charge in [0.25, 0.3) is 0 Å². The summed E-state index contributed by atoms with van der Waals surface area (Å²) in [6.07, 6.45) is 4.83. The van der Waals surface area contributed by atoms with Gasteiger partial charge in [0.05, 0.1) is 11.9 Å². The van der Waals surface area contributed by atoms with Crippen LogP contribution in [0.5, 0.6) is 0 Å². The van der Waals surface area contributed by atoms with Crippen molar-refractivity contribution in [3.63, 3.8) is 0 Å². The first-order chi connectivity index (χ1) is 8.72. The molecule has 0 saturated carbocycles. The van der Waals surface area contributed by atoms with E-state index < -0.39 is 0 Å². The van der Waals surface area contributed by atoms with Gasteiger partial charge in [-0.05, 0) is 26.2 Å². The molecule has 1 atom stereocenters. The summed E-state index contributed by atoms with van der Waals surface area (Å²) in [5, 5.41) is 11.2. The van der Waals surface area contributed by atoms with Gasteiger partial charge in [-0.25, -0.2) is 9.50 Å². The zero-order chi connectivity index (χ0) is 12.5. The molecule has 0 aliphatic carbocycles. The molecule has 1 fully saturated rings. The third-order valence-electron chi connectivity index (χ3n) is 3.00. The number of carbonyl (C=O) groups is 1. The summed E-state index contributed by atoms with van der Waals surface area (Å²) in [7, 11) is 0. The number of rotatable bonds is 2. The molecule has 1 amide bonds. The number of aromatic nitrogens is 3. The van der Waals surface area contributed by atoms with Gasteiger partial charge in [-0.15, -0.1) is 5.10 Å². The molecule has 6 nitrogen and oxygen atoms in total. The molecule has 7 heteroatoms. The second-order valence-electron chi connectivity index (χ2n) is 4.50. The maximum Gasteiger partial charge on any atom is 0.242 e. The predicted octanol–water partition coefficient (Wildman–Crippen LogP) is 1.18. The van der Waals surface area contributed by atoms with E-state index in [-0.39, 0.29) is 11.9 Å². The van der Waals surface area contributed by atoms with E-state index in [2.05, 4.69) is 20.7 Å². The molecular weight excluding hydrogens is 250 g/mol. The van der Waals surface area contributed by atoms with Crippen LogP contribution in [0.2, 0.25) is 0 Å². The summed E-state index contributed by atoms with van der Waals surface area (Å²) in [4.78, 5) is 17.0. The number of hydrogen-bond acceptors (Lipinski definition) is 5. The van der Waals surface area contributed by atoms with Gasteiger partial charge in [0.15, 0.2) is 0 Å². The van der Waals surface area contributed by atoms with E-state index in [9.17, 15) is 4.79 Å². The van der Waals surface area contributed by atoms with Gasteiger partial charge >= 0.3 is 0 Å². The fourth-order valence-corrected chi connectivity index (χ4v) is 2.97. The SMILES string of the molecule is Cc1cn2nc(NC3CCCCNC3=O)sc2n1. The number of nitrogens with one attached hydrogen (secondary N) is 2. The Kier molecular flexibility index (Phi) is 2.91. The molecule has 1 aliphatic rings. The molecule has 1 aliphatic heterocycles. The summed E-state index contributed by atoms with van der Waals surface area (Å²) in [5.74, 6) is 0.0662. The van der Waals surface area contributed by atoms with Gasteiger partial charge in [-0.1, -0.05) is 11.3 Å². The van der Waals surface area contributed by atoms with Crippen molar-refractivity contribution in [1.82, 2.24) is 19.9 Å². The smallest absolute Gasteiger partial charge is 0.242 e. The van der Waals surface area contributed by atoms with Gasteiger partial charge < -0.3 is 10.6 Å². The lowest BCUT2D eigenvalue weighted by Crippen LogP contribution is -2.37. The van der Waals surface area contributed by atoms with Gasteiger partial charge in [0.1, 0.15) is 6.04 Å². The van der Waals surface area contributed by atoms with E-state index in [4.69, 9.17) is 0 Å². The fraction of sp³-hybridized carbons (Fsp3) is 0.545. The first-order valence-electron chi connectivity index (χ1n) is 6.09. The highest BCUT2D eigenvalue weighted by Crippen LogP contribution is 2.21. The third kappa shape index (κ3) is 2.17. The minimum Gasteiger partial charge on any atom is -0.354 e. The molecule has 18 heavy (non-hydrogen) atoms. The summed E-state index contributed by atoms with van der Waals surface area (Å²) in [5.41, 5.74) is 0.951. The summed E-state index contributed by atoms with van der Waals surface area (Å²) in [6.45, 7) is 2.71. The Morgan fingerprint density at radius 3 is 3.28 bits per heavy atom. The molecule has 0 aromatic carbocycles. The normalized spacial score (nSPS) is 20.7. The number of amides is 1. The predicted molar refractivity (Wildman–Crippen MR) is 69.9 cm³/mol. The molecule has 0 bridgehead atoms. The summed E-state index contributed by atoms with van der Waals surface area (Å²) in [6, 6.07) is -0.176. The van der Waals surface area contributed by atoms with E-state index in [1.165, 1.54) is 11.3 Å². The second-order valence-corrected chi connectivity index (χ2v) is 5.46. The molecule has 1 unspecified atom stereocenters. The molecule has 2 aromatic heterocycles. The Morgan fingerprint density at radius 1 is 1.56 bits per heavy atom. The van der Waals surface area contributed by atoms with Crippen molar-refractivity contribution >= 4 is 27.3 Å². The van der Waals surface area contributed by atoms with Crippen molar-refractivity contribution in [2.75, 3.05) is 11.9 Å². The number of fused-ring (bicyclic) bond motifs is 1. The first-order valence-corrected chi connectivity index (χ1v) is 6.91. The summed E-state index contributed by atoms with van der Waals surface area (Å²) < 4.78 is 1.75. The third-order valence-corrected chi connectivity index (χ3v) is 3.85. The van der Waals surface area contributed by atoms with Crippen LogP contribution in [0.3, 0.4) is 0 Å². The first kappa shape index (κ1) is 11.5. The Bertz CT molecular complexity index is 544. The monoisotopic (exact) mass is 265 g/mol. The second kappa shape index (κ2) is 4.56. The van der Waals surface area contributed by atoms with Crippen LogP contribution >= 0.6 is 11.3 Å². The van der Waals surface area contributed by atoms with Gasteiger partial charge in [-0.3, -0.25) is 4.79 Å². The lowest BCUT2D eigenvalue weighted by Gasteiger charge is -2.13. The highest BCUT2D eigenvalue weighted by atomic mass is 32.1. The maximum absolute atomic E-state index is 11.8. The average Bonchev–Trinajstić information content (AvgIpc) is 2.75. The van der Waals surface area contributed by atoms with Crippen LogP contribution in [0.1, 0.15) is 25.0 Å². The van der Waals surface area contributed by atoms with E-state index in [0.717, 1.165) is 41.6 Å². The molecule has 0 spiro atoms. The minimum atomic E-state index is -0.176. The maximum atomic E-state index is 11.8. The van der Waals surface area contributed by atoms with Crippen LogP contribution in [0.4, 0.5) is 5.13 Å². The largest absolute Gasteiger partial charge is 0.354 e. The molecule has 2 aromatic rings. The van der Waals surface area contributed by atoms with E-state index in [1.807, 2.05) is 13.1 Å². The molecule has 3 heterocycles. The fourth-order valence-electron chi connectivity index (χ4n) is 2.09. The zero-order valence-corrected chi connectivity index (χ0v) is 11.0. The van der Waals surface area contributed by atoms with Crippen molar-refractivity contribution < 1.29 is 4.79 Å². The van der Waals surface area contributed by atoms with Crippen molar-refractivity contribution in [3.8, 4) is 0 Å². The van der Waals surface area contributed by atoms with Gasteiger partial charge in [0.2, 0.25) is 16.0 Å². The molecule has 3 rings (SSSR count). The van der Waals surface area contributed by atoms with Crippen LogP contribution < -0.4 is 10.6 Å².